The van der Waals surface area contributed by atoms with Crippen molar-refractivity contribution in [1.29, 1.82) is 0 Å². The van der Waals surface area contributed by atoms with Crippen molar-refractivity contribution in [3.63, 3.8) is 0 Å². The molecule has 0 aromatic heterocycles. The smallest absolute Gasteiger partial charge is 0.340 e. The first-order valence-electron chi connectivity index (χ1n) is 4.67. The Bertz CT molecular complexity index is 172. The van der Waals surface area contributed by atoms with Gasteiger partial charge < -0.3 is 14.6 Å². The SMILES string of the molecule is CCOC(=O)[C@]1(CO)CCCCO1. The van der Waals surface area contributed by atoms with Crippen LogP contribution in [-0.4, -0.2) is 36.5 Å². The molecule has 1 N–H and O–H groups in total. The third-order valence-electron chi connectivity index (χ3n) is 2.26. The summed E-state index contributed by atoms with van der Waals surface area (Å²) in [6, 6.07) is 0. The fourth-order valence-corrected chi connectivity index (χ4v) is 1.47. The van der Waals surface area contributed by atoms with Gasteiger partial charge in [-0.05, 0) is 26.2 Å². The number of aliphatic hydroxyl groups is 1. The van der Waals surface area contributed by atoms with Crippen molar-refractivity contribution in [2.45, 2.75) is 31.8 Å². The summed E-state index contributed by atoms with van der Waals surface area (Å²) in [6.07, 6.45) is 2.41. The molecule has 1 saturated heterocycles. The van der Waals surface area contributed by atoms with Gasteiger partial charge in [0.2, 0.25) is 0 Å². The van der Waals surface area contributed by atoms with Crippen LogP contribution in [0.3, 0.4) is 0 Å². The van der Waals surface area contributed by atoms with Gasteiger partial charge in [-0.3, -0.25) is 0 Å². The first kappa shape index (κ1) is 10.5. The molecule has 0 aromatic rings. The fraction of sp³-hybridized carbons (Fsp3) is 0.889. The Morgan fingerprint density at radius 2 is 2.38 bits per heavy atom. The number of carbonyl (C=O) groups excluding carboxylic acids is 1. The topological polar surface area (TPSA) is 55.8 Å². The van der Waals surface area contributed by atoms with Crippen molar-refractivity contribution < 1.29 is 19.4 Å². The van der Waals surface area contributed by atoms with Gasteiger partial charge in [0, 0.05) is 6.61 Å². The molecular weight excluding hydrogens is 172 g/mol. The van der Waals surface area contributed by atoms with E-state index in [4.69, 9.17) is 14.6 Å². The van der Waals surface area contributed by atoms with E-state index in [1.807, 2.05) is 0 Å². The summed E-state index contributed by atoms with van der Waals surface area (Å²) >= 11 is 0. The molecule has 0 aromatic carbocycles. The zero-order valence-electron chi connectivity index (χ0n) is 7.91. The van der Waals surface area contributed by atoms with Gasteiger partial charge in [-0.2, -0.15) is 0 Å². The molecule has 13 heavy (non-hydrogen) atoms. The van der Waals surface area contributed by atoms with E-state index < -0.39 is 11.6 Å². The summed E-state index contributed by atoms with van der Waals surface area (Å²) in [4.78, 5) is 11.4. The summed E-state index contributed by atoms with van der Waals surface area (Å²) in [7, 11) is 0. The molecular formula is C9H16O4. The van der Waals surface area contributed by atoms with Crippen LogP contribution in [0.2, 0.25) is 0 Å². The lowest BCUT2D eigenvalue weighted by Crippen LogP contribution is -2.48. The number of rotatable bonds is 3. The Morgan fingerprint density at radius 1 is 1.62 bits per heavy atom. The summed E-state index contributed by atoms with van der Waals surface area (Å²) in [5.74, 6) is -0.433. The molecule has 1 rings (SSSR count). The molecule has 1 aliphatic heterocycles. The van der Waals surface area contributed by atoms with Gasteiger partial charge in [0.05, 0.1) is 13.2 Å². The molecule has 0 amide bonds. The highest BCUT2D eigenvalue weighted by atomic mass is 16.6. The Kier molecular flexibility index (Phi) is 3.69. The van der Waals surface area contributed by atoms with Crippen molar-refractivity contribution in [3.05, 3.63) is 0 Å². The van der Waals surface area contributed by atoms with Crippen LogP contribution in [0.1, 0.15) is 26.2 Å². The van der Waals surface area contributed by atoms with Gasteiger partial charge in [-0.15, -0.1) is 0 Å². The number of carbonyl (C=O) groups is 1. The summed E-state index contributed by atoms with van der Waals surface area (Å²) < 4.78 is 10.2. The quantitative estimate of drug-likeness (QED) is 0.654. The Hall–Kier alpha value is -0.610. The fourth-order valence-electron chi connectivity index (χ4n) is 1.47. The van der Waals surface area contributed by atoms with Crippen molar-refractivity contribution >= 4 is 5.97 Å². The van der Waals surface area contributed by atoms with E-state index in [-0.39, 0.29) is 6.61 Å². The first-order chi connectivity index (χ1) is 6.25. The molecule has 1 fully saturated rings. The minimum atomic E-state index is -1.08. The van der Waals surface area contributed by atoms with Gasteiger partial charge >= 0.3 is 5.97 Å². The molecule has 0 radical (unpaired) electrons. The zero-order valence-corrected chi connectivity index (χ0v) is 7.91. The molecule has 4 heteroatoms. The lowest BCUT2D eigenvalue weighted by Gasteiger charge is -2.32. The Labute approximate surface area is 77.8 Å². The van der Waals surface area contributed by atoms with Crippen molar-refractivity contribution in [3.8, 4) is 0 Å². The molecule has 76 valence electrons. The van der Waals surface area contributed by atoms with Crippen LogP contribution in [0, 0.1) is 0 Å². The maximum absolute atomic E-state index is 11.4. The number of hydrogen-bond donors (Lipinski definition) is 1. The Morgan fingerprint density at radius 3 is 2.85 bits per heavy atom. The molecule has 0 bridgehead atoms. The van der Waals surface area contributed by atoms with Crippen LogP contribution in [0.5, 0.6) is 0 Å². The molecule has 4 nitrogen and oxygen atoms in total. The second-order valence-corrected chi connectivity index (χ2v) is 3.18. The highest BCUT2D eigenvalue weighted by Crippen LogP contribution is 2.25. The summed E-state index contributed by atoms with van der Waals surface area (Å²) in [5, 5.41) is 9.11. The van der Waals surface area contributed by atoms with E-state index >= 15 is 0 Å². The summed E-state index contributed by atoms with van der Waals surface area (Å²) in [5.41, 5.74) is -1.08. The maximum atomic E-state index is 11.4. The number of hydrogen-bond acceptors (Lipinski definition) is 4. The lowest BCUT2D eigenvalue weighted by molar-refractivity contribution is -0.184. The van der Waals surface area contributed by atoms with Gasteiger partial charge in [0.25, 0.3) is 0 Å². The zero-order chi connectivity index (χ0) is 9.73. The second-order valence-electron chi connectivity index (χ2n) is 3.18. The van der Waals surface area contributed by atoms with E-state index in [2.05, 4.69) is 0 Å². The molecule has 1 heterocycles. The number of ether oxygens (including phenoxy) is 2. The number of esters is 1. The average molecular weight is 188 g/mol. The monoisotopic (exact) mass is 188 g/mol. The second kappa shape index (κ2) is 4.58. The van der Waals surface area contributed by atoms with Crippen LogP contribution in [0.15, 0.2) is 0 Å². The lowest BCUT2D eigenvalue weighted by atomic mass is 9.95. The number of aliphatic hydroxyl groups excluding tert-OH is 1. The van der Waals surface area contributed by atoms with Crippen LogP contribution in [-0.2, 0) is 14.3 Å². The van der Waals surface area contributed by atoms with Crippen molar-refractivity contribution in [2.24, 2.45) is 0 Å². The van der Waals surface area contributed by atoms with Crippen molar-refractivity contribution in [1.82, 2.24) is 0 Å². The van der Waals surface area contributed by atoms with Crippen LogP contribution in [0.4, 0.5) is 0 Å². The largest absolute Gasteiger partial charge is 0.464 e. The molecule has 0 saturated carbocycles. The van der Waals surface area contributed by atoms with E-state index in [1.54, 1.807) is 6.92 Å². The van der Waals surface area contributed by atoms with E-state index in [1.165, 1.54) is 0 Å². The van der Waals surface area contributed by atoms with Gasteiger partial charge in [0.1, 0.15) is 0 Å². The van der Waals surface area contributed by atoms with Gasteiger partial charge in [-0.1, -0.05) is 0 Å². The maximum Gasteiger partial charge on any atom is 0.340 e. The Balaban J connectivity index is 2.61. The predicted octanol–water partition coefficient (Wildman–Crippen LogP) is 0.481. The molecule has 1 atom stereocenters. The minimum absolute atomic E-state index is 0.286. The van der Waals surface area contributed by atoms with Crippen LogP contribution < -0.4 is 0 Å². The van der Waals surface area contributed by atoms with E-state index in [0.717, 1.165) is 12.8 Å². The third kappa shape index (κ3) is 2.19. The van der Waals surface area contributed by atoms with Crippen LogP contribution in [0.25, 0.3) is 0 Å². The molecule has 1 aliphatic rings. The molecule has 0 unspecified atom stereocenters. The van der Waals surface area contributed by atoms with E-state index in [9.17, 15) is 4.79 Å². The standard InChI is InChI=1S/C9H16O4/c1-2-12-8(11)9(7-10)5-3-4-6-13-9/h10H,2-7H2,1H3/t9-/m1/s1. The minimum Gasteiger partial charge on any atom is -0.464 e. The summed E-state index contributed by atoms with van der Waals surface area (Å²) in [6.45, 7) is 2.31. The van der Waals surface area contributed by atoms with Gasteiger partial charge in [-0.25, -0.2) is 4.79 Å². The van der Waals surface area contributed by atoms with Gasteiger partial charge in [0.15, 0.2) is 5.60 Å². The van der Waals surface area contributed by atoms with E-state index in [0.29, 0.717) is 19.6 Å². The predicted molar refractivity (Wildman–Crippen MR) is 46.3 cm³/mol. The highest BCUT2D eigenvalue weighted by molar-refractivity contribution is 5.79. The first-order valence-corrected chi connectivity index (χ1v) is 4.67. The highest BCUT2D eigenvalue weighted by Gasteiger charge is 2.41. The third-order valence-corrected chi connectivity index (χ3v) is 2.26. The molecule has 0 aliphatic carbocycles. The van der Waals surface area contributed by atoms with Crippen molar-refractivity contribution in [2.75, 3.05) is 19.8 Å². The normalized spacial score (nSPS) is 28.5. The average Bonchev–Trinajstić information content (AvgIpc) is 2.19. The molecule has 0 spiro atoms. The van der Waals surface area contributed by atoms with Crippen LogP contribution >= 0.6 is 0 Å².